The molecular formula is C25H20N2. The SMILES string of the molecule is C1=CC(c2ccccc2)(c2ccccc2)CC2=C1C(c1ccccn1)=NC2. The minimum Gasteiger partial charge on any atom is -0.278 e. The first-order valence-corrected chi connectivity index (χ1v) is 9.35. The van der Waals surface area contributed by atoms with E-state index in [1.807, 2.05) is 24.4 Å². The Bertz CT molecular complexity index is 1010. The van der Waals surface area contributed by atoms with Crippen LogP contribution < -0.4 is 0 Å². The Hall–Kier alpha value is -3.26. The quantitative estimate of drug-likeness (QED) is 0.644. The van der Waals surface area contributed by atoms with Gasteiger partial charge in [0.2, 0.25) is 0 Å². The summed E-state index contributed by atoms with van der Waals surface area (Å²) in [6.45, 7) is 0.757. The number of nitrogens with zero attached hydrogens (tertiary/aromatic N) is 2. The highest BCUT2D eigenvalue weighted by Gasteiger charge is 2.37. The van der Waals surface area contributed by atoms with Crippen molar-refractivity contribution in [3.63, 3.8) is 0 Å². The fourth-order valence-corrected chi connectivity index (χ4v) is 4.24. The fraction of sp³-hybridized carbons (Fsp3) is 0.120. The predicted octanol–water partition coefficient (Wildman–Crippen LogP) is 5.13. The molecular weight excluding hydrogens is 328 g/mol. The van der Waals surface area contributed by atoms with Gasteiger partial charge < -0.3 is 0 Å². The van der Waals surface area contributed by atoms with E-state index in [0.29, 0.717) is 0 Å². The monoisotopic (exact) mass is 348 g/mol. The van der Waals surface area contributed by atoms with Crippen molar-refractivity contribution in [1.82, 2.24) is 4.98 Å². The van der Waals surface area contributed by atoms with Crippen molar-refractivity contribution in [3.8, 4) is 0 Å². The third-order valence-electron chi connectivity index (χ3n) is 5.58. The van der Waals surface area contributed by atoms with Gasteiger partial charge in [-0.05, 0) is 35.3 Å². The molecule has 0 amide bonds. The molecule has 0 radical (unpaired) electrons. The number of pyridine rings is 1. The van der Waals surface area contributed by atoms with E-state index in [1.54, 1.807) is 0 Å². The van der Waals surface area contributed by atoms with E-state index in [-0.39, 0.29) is 5.41 Å². The van der Waals surface area contributed by atoms with E-state index >= 15 is 0 Å². The summed E-state index contributed by atoms with van der Waals surface area (Å²) in [5.74, 6) is 0. The van der Waals surface area contributed by atoms with Crippen LogP contribution in [0.1, 0.15) is 23.2 Å². The highest BCUT2D eigenvalue weighted by atomic mass is 14.8. The van der Waals surface area contributed by atoms with Crippen LogP contribution in [0.2, 0.25) is 0 Å². The smallest absolute Gasteiger partial charge is 0.0907 e. The van der Waals surface area contributed by atoms with Gasteiger partial charge in [-0.2, -0.15) is 0 Å². The highest BCUT2D eigenvalue weighted by Crippen LogP contribution is 2.44. The van der Waals surface area contributed by atoms with E-state index in [4.69, 9.17) is 4.99 Å². The number of rotatable bonds is 3. The molecule has 0 bridgehead atoms. The van der Waals surface area contributed by atoms with Crippen LogP contribution in [0.25, 0.3) is 0 Å². The van der Waals surface area contributed by atoms with Crippen molar-refractivity contribution in [3.05, 3.63) is 125 Å². The van der Waals surface area contributed by atoms with Gasteiger partial charge in [0, 0.05) is 17.2 Å². The molecule has 1 aliphatic carbocycles. The lowest BCUT2D eigenvalue weighted by molar-refractivity contribution is 0.620. The summed E-state index contributed by atoms with van der Waals surface area (Å²) in [4.78, 5) is 9.34. The molecule has 0 N–H and O–H groups in total. The molecule has 0 saturated carbocycles. The van der Waals surface area contributed by atoms with Crippen LogP contribution >= 0.6 is 0 Å². The van der Waals surface area contributed by atoms with Crippen molar-refractivity contribution in [2.24, 2.45) is 4.99 Å². The van der Waals surface area contributed by atoms with E-state index in [2.05, 4.69) is 77.8 Å². The largest absolute Gasteiger partial charge is 0.278 e. The zero-order valence-corrected chi connectivity index (χ0v) is 15.0. The zero-order valence-electron chi connectivity index (χ0n) is 15.0. The van der Waals surface area contributed by atoms with Crippen LogP contribution in [0.3, 0.4) is 0 Å². The van der Waals surface area contributed by atoms with Crippen LogP contribution in [0, 0.1) is 0 Å². The summed E-state index contributed by atoms with van der Waals surface area (Å²) < 4.78 is 0. The Morgan fingerprint density at radius 1 is 0.741 bits per heavy atom. The van der Waals surface area contributed by atoms with E-state index < -0.39 is 0 Å². The summed E-state index contributed by atoms with van der Waals surface area (Å²) in [6.07, 6.45) is 7.41. The van der Waals surface area contributed by atoms with Crippen molar-refractivity contribution < 1.29 is 0 Å². The number of benzene rings is 2. The van der Waals surface area contributed by atoms with Gasteiger partial charge in [0.25, 0.3) is 0 Å². The number of aromatic nitrogens is 1. The van der Waals surface area contributed by atoms with E-state index in [1.165, 1.54) is 22.3 Å². The van der Waals surface area contributed by atoms with E-state index in [0.717, 1.165) is 24.4 Å². The first-order valence-electron chi connectivity index (χ1n) is 9.35. The Labute approximate surface area is 159 Å². The minimum atomic E-state index is -0.142. The maximum Gasteiger partial charge on any atom is 0.0907 e. The molecule has 2 nitrogen and oxygen atoms in total. The molecule has 27 heavy (non-hydrogen) atoms. The van der Waals surface area contributed by atoms with Crippen LogP contribution in [-0.2, 0) is 5.41 Å². The second-order valence-corrected chi connectivity index (χ2v) is 7.11. The first kappa shape index (κ1) is 16.0. The molecule has 0 unspecified atom stereocenters. The molecule has 0 saturated heterocycles. The van der Waals surface area contributed by atoms with Gasteiger partial charge in [-0.3, -0.25) is 9.98 Å². The van der Waals surface area contributed by atoms with Gasteiger partial charge in [0.15, 0.2) is 0 Å². The average Bonchev–Trinajstić information content (AvgIpc) is 3.18. The molecule has 0 spiro atoms. The highest BCUT2D eigenvalue weighted by molar-refractivity contribution is 6.15. The van der Waals surface area contributed by atoms with Crippen LogP contribution in [-0.4, -0.2) is 17.2 Å². The number of hydrogen-bond acceptors (Lipinski definition) is 2. The van der Waals surface area contributed by atoms with Crippen molar-refractivity contribution in [2.75, 3.05) is 6.54 Å². The Morgan fingerprint density at radius 3 is 2.04 bits per heavy atom. The molecule has 3 aromatic rings. The summed E-state index contributed by atoms with van der Waals surface area (Å²) in [6, 6.07) is 27.6. The van der Waals surface area contributed by atoms with Crippen LogP contribution in [0.5, 0.6) is 0 Å². The molecule has 1 aliphatic heterocycles. The van der Waals surface area contributed by atoms with Gasteiger partial charge in [0.05, 0.1) is 18.0 Å². The van der Waals surface area contributed by atoms with Crippen molar-refractivity contribution in [1.29, 1.82) is 0 Å². The third kappa shape index (κ3) is 2.65. The zero-order chi connectivity index (χ0) is 18.1. The molecule has 0 atom stereocenters. The lowest BCUT2D eigenvalue weighted by Crippen LogP contribution is -2.29. The number of aliphatic imine (C=N–C) groups is 1. The lowest BCUT2D eigenvalue weighted by Gasteiger charge is -2.35. The van der Waals surface area contributed by atoms with Crippen molar-refractivity contribution >= 4 is 5.71 Å². The second-order valence-electron chi connectivity index (χ2n) is 7.11. The van der Waals surface area contributed by atoms with Crippen molar-refractivity contribution in [2.45, 2.75) is 11.8 Å². The van der Waals surface area contributed by atoms with E-state index in [9.17, 15) is 0 Å². The van der Waals surface area contributed by atoms with Gasteiger partial charge in [-0.15, -0.1) is 0 Å². The number of allylic oxidation sites excluding steroid dienone is 3. The standard InChI is InChI=1S/C25H20N2/c1-3-9-20(10-4-1)25(21-11-5-2-6-12-21)15-14-22-19(17-25)18-27-24(22)23-13-7-8-16-26-23/h1-16H,17-18H2. The molecule has 0 fully saturated rings. The molecule has 130 valence electrons. The normalized spacial score (nSPS) is 17.6. The second kappa shape index (κ2) is 6.48. The fourth-order valence-electron chi connectivity index (χ4n) is 4.24. The summed E-state index contributed by atoms with van der Waals surface area (Å²) in [5, 5.41) is 0. The molecule has 2 heteroatoms. The summed E-state index contributed by atoms with van der Waals surface area (Å²) >= 11 is 0. The molecule has 5 rings (SSSR count). The summed E-state index contributed by atoms with van der Waals surface area (Å²) in [5.41, 5.74) is 7.13. The predicted molar refractivity (Wildman–Crippen MR) is 110 cm³/mol. The minimum absolute atomic E-state index is 0.142. The summed E-state index contributed by atoms with van der Waals surface area (Å²) in [7, 11) is 0. The van der Waals surface area contributed by atoms with Gasteiger partial charge >= 0.3 is 0 Å². The number of hydrogen-bond donors (Lipinski definition) is 0. The lowest BCUT2D eigenvalue weighted by atomic mass is 9.67. The Balaban J connectivity index is 1.59. The third-order valence-corrected chi connectivity index (χ3v) is 5.58. The maximum absolute atomic E-state index is 4.83. The van der Waals surface area contributed by atoms with Gasteiger partial charge in [-0.25, -0.2) is 0 Å². The maximum atomic E-state index is 4.83. The first-order chi connectivity index (χ1) is 13.4. The topological polar surface area (TPSA) is 25.2 Å². The molecule has 2 aromatic carbocycles. The molecule has 2 heterocycles. The van der Waals surface area contributed by atoms with Gasteiger partial charge in [0.1, 0.15) is 0 Å². The average molecular weight is 348 g/mol. The van der Waals surface area contributed by atoms with Crippen LogP contribution in [0.15, 0.2) is 113 Å². The Kier molecular flexibility index (Phi) is 3.83. The molecule has 2 aliphatic rings. The molecule has 1 aromatic heterocycles. The van der Waals surface area contributed by atoms with Crippen LogP contribution in [0.4, 0.5) is 0 Å². The van der Waals surface area contributed by atoms with Gasteiger partial charge in [-0.1, -0.05) is 78.9 Å². The Morgan fingerprint density at radius 2 is 1.41 bits per heavy atom.